The normalized spacial score (nSPS) is 18.9. The third-order valence-corrected chi connectivity index (χ3v) is 4.77. The van der Waals surface area contributed by atoms with Crippen LogP contribution in [0.5, 0.6) is 0 Å². The van der Waals surface area contributed by atoms with Gasteiger partial charge in [0.1, 0.15) is 0 Å². The van der Waals surface area contributed by atoms with Crippen LogP contribution in [0.4, 0.5) is 0 Å². The summed E-state index contributed by atoms with van der Waals surface area (Å²) in [6, 6.07) is 0. The van der Waals surface area contributed by atoms with Crippen LogP contribution in [0.25, 0.3) is 0 Å². The Morgan fingerprint density at radius 3 is 2.42 bits per heavy atom. The zero-order valence-corrected chi connectivity index (χ0v) is 11.4. The van der Waals surface area contributed by atoms with Gasteiger partial charge >= 0.3 is 5.97 Å². The number of hydrogen-bond acceptors (Lipinski definition) is 5. The molecule has 9 heteroatoms. The van der Waals surface area contributed by atoms with Crippen LogP contribution in [-0.2, 0) is 19.6 Å². The van der Waals surface area contributed by atoms with Gasteiger partial charge in [0.15, 0.2) is 0 Å². The number of sulfonamides is 1. The van der Waals surface area contributed by atoms with E-state index in [9.17, 15) is 18.0 Å². The Morgan fingerprint density at radius 1 is 1.16 bits per heavy atom. The number of rotatable bonds is 6. The lowest BCUT2D eigenvalue weighted by Gasteiger charge is -2.20. The Balaban J connectivity index is 2.56. The minimum Gasteiger partial charge on any atom is -0.481 e. The molecular formula is C10H19N3O5S. The van der Waals surface area contributed by atoms with Crippen molar-refractivity contribution in [2.45, 2.75) is 12.8 Å². The summed E-state index contributed by atoms with van der Waals surface area (Å²) in [6.07, 6.45) is 0.198. The fourth-order valence-corrected chi connectivity index (χ4v) is 3.41. The number of hydrogen-bond donors (Lipinski definition) is 2. The zero-order chi connectivity index (χ0) is 14.5. The van der Waals surface area contributed by atoms with E-state index in [4.69, 9.17) is 10.8 Å². The van der Waals surface area contributed by atoms with E-state index in [1.807, 2.05) is 0 Å². The van der Waals surface area contributed by atoms with Gasteiger partial charge in [0.2, 0.25) is 15.9 Å². The van der Waals surface area contributed by atoms with Crippen molar-refractivity contribution in [1.29, 1.82) is 0 Å². The molecule has 1 aliphatic rings. The molecule has 19 heavy (non-hydrogen) atoms. The highest BCUT2D eigenvalue weighted by atomic mass is 32.2. The van der Waals surface area contributed by atoms with E-state index >= 15 is 0 Å². The molecule has 3 N–H and O–H groups in total. The maximum atomic E-state index is 11.9. The number of nitrogens with zero attached hydrogens (tertiary/aromatic N) is 2. The molecule has 0 bridgehead atoms. The molecule has 0 aromatic heterocycles. The van der Waals surface area contributed by atoms with Crippen LogP contribution in [-0.4, -0.2) is 73.1 Å². The van der Waals surface area contributed by atoms with Crippen LogP contribution in [0.1, 0.15) is 12.8 Å². The van der Waals surface area contributed by atoms with Crippen LogP contribution in [0.2, 0.25) is 0 Å². The van der Waals surface area contributed by atoms with Crippen LogP contribution in [0.3, 0.4) is 0 Å². The first kappa shape index (κ1) is 15.9. The average Bonchev–Trinajstić information content (AvgIpc) is 2.52. The van der Waals surface area contributed by atoms with E-state index in [1.54, 1.807) is 4.90 Å². The standard InChI is InChI=1S/C10H19N3O5S/c11-9(14)8-12-3-1-4-13(6-5-12)19(17,18)7-2-10(15)16/h1-8H2,(H2,11,14)(H,15,16). The molecule has 0 aromatic rings. The van der Waals surface area contributed by atoms with Gasteiger partial charge in [0, 0.05) is 19.6 Å². The molecule has 0 aliphatic carbocycles. The largest absolute Gasteiger partial charge is 0.481 e. The van der Waals surface area contributed by atoms with Gasteiger partial charge < -0.3 is 10.8 Å². The maximum Gasteiger partial charge on any atom is 0.304 e. The van der Waals surface area contributed by atoms with Gasteiger partial charge in [-0.3, -0.25) is 14.5 Å². The molecule has 1 saturated heterocycles. The minimum absolute atomic E-state index is 0.114. The molecule has 1 amide bonds. The Hall–Kier alpha value is -1.19. The third-order valence-electron chi connectivity index (χ3n) is 2.89. The Kier molecular flexibility index (Phi) is 5.70. The van der Waals surface area contributed by atoms with E-state index in [0.717, 1.165) is 0 Å². The van der Waals surface area contributed by atoms with Gasteiger partial charge in [0.25, 0.3) is 0 Å². The van der Waals surface area contributed by atoms with Gasteiger partial charge in [0.05, 0.1) is 18.7 Å². The van der Waals surface area contributed by atoms with Crippen molar-refractivity contribution in [2.75, 3.05) is 38.5 Å². The maximum absolute atomic E-state index is 11.9. The topological polar surface area (TPSA) is 121 Å². The number of amides is 1. The number of carboxylic acid groups (broad SMARTS) is 1. The molecule has 0 radical (unpaired) electrons. The van der Waals surface area contributed by atoms with Crippen molar-refractivity contribution in [3.05, 3.63) is 0 Å². The Morgan fingerprint density at radius 2 is 1.84 bits per heavy atom. The number of carbonyl (C=O) groups excluding carboxylic acids is 1. The first-order valence-corrected chi connectivity index (χ1v) is 7.62. The van der Waals surface area contributed by atoms with E-state index in [1.165, 1.54) is 4.31 Å². The summed E-state index contributed by atoms with van der Waals surface area (Å²) in [5.41, 5.74) is 5.10. The highest BCUT2D eigenvalue weighted by Gasteiger charge is 2.25. The predicted octanol–water partition coefficient (Wildman–Crippen LogP) is -1.72. The van der Waals surface area contributed by atoms with Gasteiger partial charge in [-0.1, -0.05) is 0 Å². The molecule has 0 unspecified atom stereocenters. The van der Waals surface area contributed by atoms with Crippen LogP contribution >= 0.6 is 0 Å². The van der Waals surface area contributed by atoms with E-state index in [0.29, 0.717) is 26.1 Å². The molecule has 8 nitrogen and oxygen atoms in total. The minimum atomic E-state index is -3.54. The molecule has 1 rings (SSSR count). The molecule has 0 aromatic carbocycles. The van der Waals surface area contributed by atoms with Crippen molar-refractivity contribution >= 4 is 21.9 Å². The fraction of sp³-hybridized carbons (Fsp3) is 0.800. The predicted molar refractivity (Wildman–Crippen MR) is 67.9 cm³/mol. The summed E-state index contributed by atoms with van der Waals surface area (Å²) < 4.78 is 25.1. The van der Waals surface area contributed by atoms with Crippen molar-refractivity contribution in [2.24, 2.45) is 5.73 Å². The van der Waals surface area contributed by atoms with E-state index in [2.05, 4.69) is 0 Å². The molecule has 1 aliphatic heterocycles. The second kappa shape index (κ2) is 6.83. The monoisotopic (exact) mass is 293 g/mol. The molecule has 0 spiro atoms. The first-order valence-electron chi connectivity index (χ1n) is 6.01. The van der Waals surface area contributed by atoms with Crippen LogP contribution in [0.15, 0.2) is 0 Å². The van der Waals surface area contributed by atoms with Crippen molar-refractivity contribution in [3.63, 3.8) is 0 Å². The second-order valence-electron chi connectivity index (χ2n) is 4.45. The highest BCUT2D eigenvalue weighted by Crippen LogP contribution is 2.09. The number of carbonyl (C=O) groups is 2. The number of aliphatic carboxylic acids is 1. The smallest absolute Gasteiger partial charge is 0.304 e. The summed E-state index contributed by atoms with van der Waals surface area (Å²) in [7, 11) is -3.54. The van der Waals surface area contributed by atoms with E-state index < -0.39 is 34.1 Å². The van der Waals surface area contributed by atoms with Crippen molar-refractivity contribution in [3.8, 4) is 0 Å². The van der Waals surface area contributed by atoms with Gasteiger partial charge in [-0.2, -0.15) is 0 Å². The van der Waals surface area contributed by atoms with E-state index in [-0.39, 0.29) is 13.1 Å². The molecule has 1 heterocycles. The number of nitrogens with two attached hydrogens (primary N) is 1. The molecular weight excluding hydrogens is 274 g/mol. The van der Waals surface area contributed by atoms with Crippen molar-refractivity contribution < 1.29 is 23.1 Å². The Bertz CT molecular complexity index is 436. The lowest BCUT2D eigenvalue weighted by atomic mass is 10.4. The Labute approximate surface area is 112 Å². The fourth-order valence-electron chi connectivity index (χ4n) is 1.95. The third kappa shape index (κ3) is 5.53. The van der Waals surface area contributed by atoms with Crippen molar-refractivity contribution in [1.82, 2.24) is 9.21 Å². The number of primary amides is 1. The average molecular weight is 293 g/mol. The summed E-state index contributed by atoms with van der Waals surface area (Å²) >= 11 is 0. The number of carboxylic acids is 1. The summed E-state index contributed by atoms with van der Waals surface area (Å²) in [6.45, 7) is 1.75. The lowest BCUT2D eigenvalue weighted by molar-refractivity contribution is -0.136. The van der Waals surface area contributed by atoms with Gasteiger partial charge in [-0.25, -0.2) is 12.7 Å². The molecule has 110 valence electrons. The van der Waals surface area contributed by atoms with Crippen LogP contribution < -0.4 is 5.73 Å². The van der Waals surface area contributed by atoms with Crippen LogP contribution in [0, 0.1) is 0 Å². The first-order chi connectivity index (χ1) is 8.81. The second-order valence-corrected chi connectivity index (χ2v) is 6.54. The molecule has 1 fully saturated rings. The SMILES string of the molecule is NC(=O)CN1CCCN(S(=O)(=O)CCC(=O)O)CC1. The zero-order valence-electron chi connectivity index (χ0n) is 10.6. The molecule has 0 saturated carbocycles. The van der Waals surface area contributed by atoms with Gasteiger partial charge in [-0.15, -0.1) is 0 Å². The highest BCUT2D eigenvalue weighted by molar-refractivity contribution is 7.89. The summed E-state index contributed by atoms with van der Waals surface area (Å²) in [5, 5.41) is 8.53. The van der Waals surface area contributed by atoms with Gasteiger partial charge in [-0.05, 0) is 13.0 Å². The summed E-state index contributed by atoms with van der Waals surface area (Å²) in [4.78, 5) is 23.0. The quantitative estimate of drug-likeness (QED) is 0.601. The molecule has 0 atom stereocenters. The summed E-state index contributed by atoms with van der Waals surface area (Å²) in [5.74, 6) is -1.96. The lowest BCUT2D eigenvalue weighted by Crippen LogP contribution is -2.39.